The van der Waals surface area contributed by atoms with Gasteiger partial charge in [-0.05, 0) is 30.9 Å². The molecular weight excluding hydrogens is 166 g/mol. The van der Waals surface area contributed by atoms with Gasteiger partial charge in [-0.25, -0.2) is 0 Å². The number of likely N-dealkylation sites (tertiary alicyclic amines) is 1. The summed E-state index contributed by atoms with van der Waals surface area (Å²) in [5, 5.41) is 8.42. The van der Waals surface area contributed by atoms with Crippen molar-refractivity contribution in [3.8, 4) is 0 Å². The van der Waals surface area contributed by atoms with Gasteiger partial charge in [0.25, 0.3) is 0 Å². The van der Waals surface area contributed by atoms with Gasteiger partial charge in [-0.2, -0.15) is 0 Å². The van der Waals surface area contributed by atoms with E-state index in [1.807, 2.05) is 0 Å². The maximum atomic E-state index is 10.7. The van der Waals surface area contributed by atoms with E-state index >= 15 is 0 Å². The van der Waals surface area contributed by atoms with Crippen LogP contribution in [0.5, 0.6) is 0 Å². The molecule has 1 aliphatic heterocycles. The van der Waals surface area contributed by atoms with Crippen LogP contribution < -0.4 is 0 Å². The number of aliphatic hydroxyl groups is 1. The van der Waals surface area contributed by atoms with Gasteiger partial charge in [0.15, 0.2) is 0 Å². The summed E-state index contributed by atoms with van der Waals surface area (Å²) in [5.74, 6) is 0. The molecule has 0 bridgehead atoms. The molecular formula is C7H12ClNO2. The monoisotopic (exact) mass is 177 g/mol. The molecule has 0 radical (unpaired) electrons. The Labute approximate surface area is 70.9 Å². The molecule has 0 aromatic carbocycles. The zero-order valence-corrected chi connectivity index (χ0v) is 7.05. The van der Waals surface area contributed by atoms with E-state index in [0.29, 0.717) is 6.54 Å². The maximum absolute atomic E-state index is 10.7. The molecule has 0 aliphatic carbocycles. The lowest BCUT2D eigenvalue weighted by molar-refractivity contribution is 0.121. The molecule has 64 valence electrons. The van der Waals surface area contributed by atoms with Crippen molar-refractivity contribution >= 4 is 17.0 Å². The molecule has 1 amide bonds. The summed E-state index contributed by atoms with van der Waals surface area (Å²) in [6, 6.07) is -0.0475. The first kappa shape index (κ1) is 8.81. The second-order valence-corrected chi connectivity index (χ2v) is 3.10. The van der Waals surface area contributed by atoms with Gasteiger partial charge in [0.05, 0.1) is 12.6 Å². The zero-order chi connectivity index (χ0) is 8.27. The minimum absolute atomic E-state index is 0.0263. The molecule has 4 heteroatoms. The lowest BCUT2D eigenvalue weighted by atomic mass is 10.0. The van der Waals surface area contributed by atoms with Crippen molar-refractivity contribution in [3.05, 3.63) is 0 Å². The van der Waals surface area contributed by atoms with Crippen LogP contribution in [0.2, 0.25) is 0 Å². The van der Waals surface area contributed by atoms with Crippen LogP contribution in [0.3, 0.4) is 0 Å². The average molecular weight is 178 g/mol. The zero-order valence-electron chi connectivity index (χ0n) is 6.29. The van der Waals surface area contributed by atoms with E-state index < -0.39 is 5.37 Å². The topological polar surface area (TPSA) is 40.5 Å². The molecule has 0 spiro atoms. The Balaban J connectivity index is 2.51. The summed E-state index contributed by atoms with van der Waals surface area (Å²) in [7, 11) is 0. The predicted molar refractivity (Wildman–Crippen MR) is 42.7 cm³/mol. The van der Waals surface area contributed by atoms with Crippen molar-refractivity contribution in [2.24, 2.45) is 0 Å². The molecule has 1 unspecified atom stereocenters. The fraction of sp³-hybridized carbons (Fsp3) is 0.857. The van der Waals surface area contributed by atoms with Crippen LogP contribution in [-0.2, 0) is 0 Å². The van der Waals surface area contributed by atoms with Crippen molar-refractivity contribution in [1.29, 1.82) is 0 Å². The number of piperidine rings is 1. The molecule has 1 atom stereocenters. The number of carbonyl (C=O) groups excluding carboxylic acids is 1. The second kappa shape index (κ2) is 3.93. The van der Waals surface area contributed by atoms with Crippen LogP contribution >= 0.6 is 11.6 Å². The summed E-state index contributed by atoms with van der Waals surface area (Å²) >= 11 is 5.31. The number of rotatable bonds is 1. The normalized spacial score (nSPS) is 25.3. The third-order valence-corrected chi connectivity index (χ3v) is 2.28. The van der Waals surface area contributed by atoms with Gasteiger partial charge in [0, 0.05) is 6.54 Å². The molecule has 1 rings (SSSR count). The molecule has 0 aromatic heterocycles. The molecule has 1 aliphatic rings. The van der Waals surface area contributed by atoms with Crippen molar-refractivity contribution in [1.82, 2.24) is 4.90 Å². The van der Waals surface area contributed by atoms with Crippen LogP contribution in [0.25, 0.3) is 0 Å². The highest BCUT2D eigenvalue weighted by Crippen LogP contribution is 2.17. The lowest BCUT2D eigenvalue weighted by Gasteiger charge is -2.32. The molecule has 0 aromatic rings. The maximum Gasteiger partial charge on any atom is 0.316 e. The van der Waals surface area contributed by atoms with Gasteiger partial charge >= 0.3 is 5.37 Å². The van der Waals surface area contributed by atoms with Gasteiger partial charge in [0.1, 0.15) is 0 Å². The Morgan fingerprint density at radius 2 is 2.36 bits per heavy atom. The van der Waals surface area contributed by atoms with E-state index in [1.165, 1.54) is 4.90 Å². The number of amides is 1. The fourth-order valence-corrected chi connectivity index (χ4v) is 1.64. The van der Waals surface area contributed by atoms with Crippen molar-refractivity contribution in [3.63, 3.8) is 0 Å². The lowest BCUT2D eigenvalue weighted by Crippen LogP contribution is -2.43. The van der Waals surface area contributed by atoms with Crippen LogP contribution in [0.1, 0.15) is 19.3 Å². The third-order valence-electron chi connectivity index (χ3n) is 2.06. The van der Waals surface area contributed by atoms with Crippen LogP contribution in [0.4, 0.5) is 4.79 Å². The second-order valence-electron chi connectivity index (χ2n) is 2.78. The van der Waals surface area contributed by atoms with Gasteiger partial charge < -0.3 is 10.0 Å². The Hall–Kier alpha value is -0.280. The minimum atomic E-state index is -0.441. The number of nitrogens with zero attached hydrogens (tertiary/aromatic N) is 1. The number of aliphatic hydroxyl groups excluding tert-OH is 1. The Morgan fingerprint density at radius 1 is 1.64 bits per heavy atom. The SMILES string of the molecule is O=C(Cl)N1CCCCC1CO. The first-order chi connectivity index (χ1) is 5.25. The van der Waals surface area contributed by atoms with Crippen LogP contribution in [-0.4, -0.2) is 34.6 Å². The van der Waals surface area contributed by atoms with Crippen LogP contribution in [0, 0.1) is 0 Å². The standard InChI is InChI=1S/C7H12ClNO2/c8-7(11)9-4-2-1-3-6(9)5-10/h6,10H,1-5H2. The molecule has 1 heterocycles. The summed E-state index contributed by atoms with van der Waals surface area (Å²) < 4.78 is 0. The van der Waals surface area contributed by atoms with Crippen LogP contribution in [0.15, 0.2) is 0 Å². The van der Waals surface area contributed by atoms with E-state index in [1.54, 1.807) is 0 Å². The van der Waals surface area contributed by atoms with Crippen molar-refractivity contribution in [2.75, 3.05) is 13.2 Å². The van der Waals surface area contributed by atoms with E-state index in [9.17, 15) is 4.79 Å². The fourth-order valence-electron chi connectivity index (χ4n) is 1.42. The Morgan fingerprint density at radius 3 is 2.82 bits per heavy atom. The number of hydrogen-bond donors (Lipinski definition) is 1. The highest BCUT2D eigenvalue weighted by atomic mass is 35.5. The summed E-state index contributed by atoms with van der Waals surface area (Å²) in [6.45, 7) is 0.714. The highest BCUT2D eigenvalue weighted by molar-refractivity contribution is 6.62. The summed E-state index contributed by atoms with van der Waals surface area (Å²) in [6.07, 6.45) is 2.94. The largest absolute Gasteiger partial charge is 0.394 e. The van der Waals surface area contributed by atoms with E-state index in [2.05, 4.69) is 0 Å². The minimum Gasteiger partial charge on any atom is -0.394 e. The molecule has 11 heavy (non-hydrogen) atoms. The van der Waals surface area contributed by atoms with Crippen molar-refractivity contribution < 1.29 is 9.90 Å². The van der Waals surface area contributed by atoms with E-state index in [4.69, 9.17) is 16.7 Å². The molecule has 0 saturated carbocycles. The molecule has 1 N–H and O–H groups in total. The quantitative estimate of drug-likeness (QED) is 0.483. The summed E-state index contributed by atoms with van der Waals surface area (Å²) in [5.41, 5.74) is 0. The Kier molecular flexibility index (Phi) is 3.15. The van der Waals surface area contributed by atoms with E-state index in [-0.39, 0.29) is 12.6 Å². The molecule has 1 fully saturated rings. The van der Waals surface area contributed by atoms with E-state index in [0.717, 1.165) is 19.3 Å². The van der Waals surface area contributed by atoms with Gasteiger partial charge in [-0.3, -0.25) is 4.79 Å². The van der Waals surface area contributed by atoms with Gasteiger partial charge in [-0.1, -0.05) is 0 Å². The predicted octanol–water partition coefficient (Wildman–Crippen LogP) is 1.19. The van der Waals surface area contributed by atoms with Crippen molar-refractivity contribution in [2.45, 2.75) is 25.3 Å². The summed E-state index contributed by atoms with van der Waals surface area (Å²) in [4.78, 5) is 12.3. The highest BCUT2D eigenvalue weighted by Gasteiger charge is 2.24. The number of hydrogen-bond acceptors (Lipinski definition) is 2. The number of halogens is 1. The third kappa shape index (κ3) is 2.07. The number of carbonyl (C=O) groups is 1. The first-order valence-corrected chi connectivity index (χ1v) is 4.20. The van der Waals surface area contributed by atoms with Gasteiger partial charge in [-0.15, -0.1) is 0 Å². The molecule has 3 nitrogen and oxygen atoms in total. The van der Waals surface area contributed by atoms with Gasteiger partial charge in [0.2, 0.25) is 0 Å². The smallest absolute Gasteiger partial charge is 0.316 e. The average Bonchev–Trinajstić information content (AvgIpc) is 2.04. The Bertz CT molecular complexity index is 151. The molecule has 1 saturated heterocycles. The first-order valence-electron chi connectivity index (χ1n) is 3.82.